The van der Waals surface area contributed by atoms with Crippen LogP contribution >= 0.6 is 0 Å². The van der Waals surface area contributed by atoms with Gasteiger partial charge in [0.05, 0.1) is 6.04 Å². The lowest BCUT2D eigenvalue weighted by atomic mass is 10.4. The van der Waals surface area contributed by atoms with Crippen molar-refractivity contribution in [2.24, 2.45) is 5.73 Å². The Bertz CT molecular complexity index is 105. The third-order valence-electron chi connectivity index (χ3n) is 0.503. The molecule has 0 heterocycles. The van der Waals surface area contributed by atoms with Crippen molar-refractivity contribution >= 4 is 17.4 Å². The smallest absolute Gasteiger partial charge is 0.137 e. The first-order chi connectivity index (χ1) is 3.66. The molecule has 1 unspecified atom stereocenters. The molecule has 0 rings (SSSR count). The molecule has 0 aliphatic heterocycles. The Morgan fingerprint density at radius 1 is 1.88 bits per heavy atom. The third kappa shape index (κ3) is 3.91. The number of carbonyl (C=O) groups is 1. The SMILES string of the molecule is N[C@H](C=O)CS(=O)[O-]. The zero-order valence-corrected chi connectivity index (χ0v) is 4.89. The molecule has 0 aromatic rings. The van der Waals surface area contributed by atoms with Crippen molar-refractivity contribution in [2.75, 3.05) is 5.75 Å². The number of carbonyl (C=O) groups excluding carboxylic acids is 1. The van der Waals surface area contributed by atoms with E-state index < -0.39 is 17.1 Å². The number of rotatable bonds is 3. The van der Waals surface area contributed by atoms with Gasteiger partial charge < -0.3 is 15.1 Å². The molecule has 0 aliphatic carbocycles. The third-order valence-corrected chi connectivity index (χ3v) is 1.16. The first-order valence-electron chi connectivity index (χ1n) is 1.93. The van der Waals surface area contributed by atoms with Gasteiger partial charge in [-0.2, -0.15) is 0 Å². The summed E-state index contributed by atoms with van der Waals surface area (Å²) in [5.41, 5.74) is 4.91. The normalized spacial score (nSPS) is 17.2. The molecule has 0 saturated carbocycles. The summed E-state index contributed by atoms with van der Waals surface area (Å²) in [5.74, 6) is -0.288. The number of hydrogen-bond donors (Lipinski definition) is 1. The van der Waals surface area contributed by atoms with Gasteiger partial charge in [-0.3, -0.25) is 4.21 Å². The summed E-state index contributed by atoms with van der Waals surface area (Å²) in [6.45, 7) is 0. The van der Waals surface area contributed by atoms with E-state index in [9.17, 15) is 13.6 Å². The summed E-state index contributed by atoms with van der Waals surface area (Å²) in [6, 6.07) is -0.867. The van der Waals surface area contributed by atoms with Crippen molar-refractivity contribution in [2.45, 2.75) is 6.04 Å². The fraction of sp³-hybridized carbons (Fsp3) is 0.667. The average molecular weight is 136 g/mol. The Hall–Kier alpha value is -0.260. The highest BCUT2D eigenvalue weighted by Crippen LogP contribution is 1.75. The van der Waals surface area contributed by atoms with Gasteiger partial charge in [-0.25, -0.2) is 0 Å². The zero-order chi connectivity index (χ0) is 6.57. The molecule has 0 spiro atoms. The van der Waals surface area contributed by atoms with Crippen LogP contribution in [0.3, 0.4) is 0 Å². The number of hydrogen-bond acceptors (Lipinski definition) is 4. The van der Waals surface area contributed by atoms with Gasteiger partial charge >= 0.3 is 0 Å². The van der Waals surface area contributed by atoms with Crippen molar-refractivity contribution in [3.63, 3.8) is 0 Å². The quantitative estimate of drug-likeness (QED) is 0.374. The number of aldehydes is 1. The van der Waals surface area contributed by atoms with E-state index in [0.717, 1.165) is 0 Å². The topological polar surface area (TPSA) is 83.2 Å². The highest BCUT2D eigenvalue weighted by Gasteiger charge is 1.96. The predicted molar refractivity (Wildman–Crippen MR) is 27.8 cm³/mol. The molecule has 0 saturated heterocycles. The molecule has 2 atom stereocenters. The van der Waals surface area contributed by atoms with Crippen LogP contribution in [0.1, 0.15) is 0 Å². The largest absolute Gasteiger partial charge is 0.772 e. The monoisotopic (exact) mass is 136 g/mol. The second kappa shape index (κ2) is 3.71. The maximum Gasteiger partial charge on any atom is 0.137 e. The van der Waals surface area contributed by atoms with Gasteiger partial charge in [0.25, 0.3) is 0 Å². The summed E-state index contributed by atoms with van der Waals surface area (Å²) < 4.78 is 19.5. The van der Waals surface area contributed by atoms with Gasteiger partial charge in [0.1, 0.15) is 6.29 Å². The first-order valence-corrected chi connectivity index (χ1v) is 3.18. The minimum absolute atomic E-state index is 0.288. The van der Waals surface area contributed by atoms with Crippen LogP contribution < -0.4 is 5.73 Å². The van der Waals surface area contributed by atoms with Crippen LogP contribution in [0.15, 0.2) is 0 Å². The molecule has 2 N–H and O–H groups in total. The Morgan fingerprint density at radius 3 is 2.50 bits per heavy atom. The molecule has 0 radical (unpaired) electrons. The van der Waals surface area contributed by atoms with E-state index >= 15 is 0 Å². The maximum absolute atomic E-state index is 9.73. The van der Waals surface area contributed by atoms with Crippen molar-refractivity contribution in [3.05, 3.63) is 0 Å². The van der Waals surface area contributed by atoms with Crippen molar-refractivity contribution in [1.29, 1.82) is 0 Å². The summed E-state index contributed by atoms with van der Waals surface area (Å²) in [7, 11) is 0. The summed E-state index contributed by atoms with van der Waals surface area (Å²) >= 11 is -2.20. The van der Waals surface area contributed by atoms with Crippen molar-refractivity contribution in [1.82, 2.24) is 0 Å². The van der Waals surface area contributed by atoms with Gasteiger partial charge in [-0.15, -0.1) is 0 Å². The molecule has 0 aromatic heterocycles. The lowest BCUT2D eigenvalue weighted by Crippen LogP contribution is -2.28. The van der Waals surface area contributed by atoms with Crippen LogP contribution in [-0.2, 0) is 15.9 Å². The Morgan fingerprint density at radius 2 is 2.38 bits per heavy atom. The lowest BCUT2D eigenvalue weighted by molar-refractivity contribution is -0.108. The molecule has 4 nitrogen and oxygen atoms in total. The Labute approximate surface area is 49.3 Å². The van der Waals surface area contributed by atoms with Crippen LogP contribution in [0.2, 0.25) is 0 Å². The van der Waals surface area contributed by atoms with Crippen molar-refractivity contribution < 1.29 is 13.6 Å². The van der Waals surface area contributed by atoms with Crippen molar-refractivity contribution in [3.8, 4) is 0 Å². The van der Waals surface area contributed by atoms with E-state index in [-0.39, 0.29) is 5.75 Å². The van der Waals surface area contributed by atoms with Crippen LogP contribution in [-0.4, -0.2) is 26.8 Å². The van der Waals surface area contributed by atoms with Gasteiger partial charge in [0.2, 0.25) is 0 Å². The average Bonchev–Trinajstić information content (AvgIpc) is 1.65. The molecule has 0 fully saturated rings. The van der Waals surface area contributed by atoms with E-state index in [1.165, 1.54) is 0 Å². The minimum Gasteiger partial charge on any atom is -0.772 e. The summed E-state index contributed by atoms with van der Waals surface area (Å²) in [4.78, 5) is 9.64. The Balaban J connectivity index is 3.38. The van der Waals surface area contributed by atoms with Gasteiger partial charge in [-0.1, -0.05) is 11.1 Å². The molecule has 0 amide bonds. The fourth-order valence-corrected chi connectivity index (χ4v) is 0.589. The highest BCUT2D eigenvalue weighted by atomic mass is 32.2. The molecule has 0 aliphatic rings. The van der Waals surface area contributed by atoms with E-state index in [2.05, 4.69) is 0 Å². The highest BCUT2D eigenvalue weighted by molar-refractivity contribution is 7.79. The standard InChI is InChI=1S/C3H7NO3S/c4-3(1-5)2-8(6)7/h1,3H,2,4H2,(H,6,7)/p-1/t3-/m1/s1. The summed E-state index contributed by atoms with van der Waals surface area (Å²) in [6.07, 6.45) is 0.399. The summed E-state index contributed by atoms with van der Waals surface area (Å²) in [5, 5.41) is 0. The first kappa shape index (κ1) is 7.74. The maximum atomic E-state index is 9.73. The second-order valence-electron chi connectivity index (χ2n) is 1.27. The van der Waals surface area contributed by atoms with Crippen LogP contribution in [0, 0.1) is 0 Å². The second-order valence-corrected chi connectivity index (χ2v) is 2.21. The van der Waals surface area contributed by atoms with E-state index in [4.69, 9.17) is 5.73 Å². The molecular formula is C3H6NO3S-. The molecule has 0 aromatic carbocycles. The van der Waals surface area contributed by atoms with Gasteiger partial charge in [0, 0.05) is 5.75 Å². The fourth-order valence-electron chi connectivity index (χ4n) is 0.196. The minimum atomic E-state index is -2.20. The number of nitrogens with two attached hydrogens (primary N) is 1. The van der Waals surface area contributed by atoms with Crippen LogP contribution in [0.5, 0.6) is 0 Å². The Kier molecular flexibility index (Phi) is 3.59. The molecular weight excluding hydrogens is 130 g/mol. The zero-order valence-electron chi connectivity index (χ0n) is 4.07. The predicted octanol–water partition coefficient (Wildman–Crippen LogP) is -1.61. The van der Waals surface area contributed by atoms with E-state index in [1.54, 1.807) is 0 Å². The van der Waals surface area contributed by atoms with Crippen LogP contribution in [0.25, 0.3) is 0 Å². The lowest BCUT2D eigenvalue weighted by Gasteiger charge is -2.04. The molecule has 5 heteroatoms. The van der Waals surface area contributed by atoms with E-state index in [1.807, 2.05) is 0 Å². The van der Waals surface area contributed by atoms with Gasteiger partial charge in [0.15, 0.2) is 0 Å². The van der Waals surface area contributed by atoms with Crippen LogP contribution in [0.4, 0.5) is 0 Å². The van der Waals surface area contributed by atoms with E-state index in [0.29, 0.717) is 6.29 Å². The molecule has 48 valence electrons. The molecule has 8 heavy (non-hydrogen) atoms. The molecule has 0 bridgehead atoms. The van der Waals surface area contributed by atoms with Gasteiger partial charge in [-0.05, 0) is 0 Å².